The predicted molar refractivity (Wildman–Crippen MR) is 104 cm³/mol. The van der Waals surface area contributed by atoms with Crippen LogP contribution >= 0.6 is 15.9 Å². The topological polar surface area (TPSA) is 12.0 Å². The first-order chi connectivity index (χ1) is 11.0. The van der Waals surface area contributed by atoms with Crippen LogP contribution in [0.15, 0.2) is 53.0 Å². The van der Waals surface area contributed by atoms with E-state index in [1.54, 1.807) is 0 Å². The Kier molecular flexibility index (Phi) is 4.63. The van der Waals surface area contributed by atoms with E-state index in [1.807, 2.05) is 6.07 Å². The van der Waals surface area contributed by atoms with Gasteiger partial charge in [-0.25, -0.2) is 0 Å². The highest BCUT2D eigenvalue weighted by Crippen LogP contribution is 2.42. The van der Waals surface area contributed by atoms with Crippen LogP contribution in [-0.4, -0.2) is 6.54 Å². The third kappa shape index (κ3) is 3.53. The van der Waals surface area contributed by atoms with Crippen LogP contribution in [0.4, 0.5) is 5.69 Å². The van der Waals surface area contributed by atoms with Crippen molar-refractivity contribution >= 4 is 27.2 Å². The van der Waals surface area contributed by atoms with Gasteiger partial charge in [-0.2, -0.15) is 0 Å². The van der Waals surface area contributed by atoms with E-state index in [9.17, 15) is 0 Å². The standard InChI is InChI=1S/C21H24BrN/c1-15-9-10-17-18(14-23-16-7-5-4-6-8-16)20(22)11-12-21(2,3)19(17)13-15/h4-10,13,23H,11-12,14H2,1-3H3. The van der Waals surface area contributed by atoms with Gasteiger partial charge in [-0.05, 0) is 54.0 Å². The summed E-state index contributed by atoms with van der Waals surface area (Å²) in [6.45, 7) is 7.75. The molecule has 0 unspecified atom stereocenters. The van der Waals surface area contributed by atoms with Crippen molar-refractivity contribution in [2.24, 2.45) is 0 Å². The fourth-order valence-corrected chi connectivity index (χ4v) is 3.82. The molecule has 23 heavy (non-hydrogen) atoms. The second-order valence-electron chi connectivity index (χ2n) is 7.04. The first-order valence-electron chi connectivity index (χ1n) is 8.25. The number of hydrogen-bond acceptors (Lipinski definition) is 1. The second kappa shape index (κ2) is 6.52. The monoisotopic (exact) mass is 369 g/mol. The molecular formula is C21H24BrN. The Balaban J connectivity index is 1.97. The number of aryl methyl sites for hydroxylation is 1. The summed E-state index contributed by atoms with van der Waals surface area (Å²) in [5.74, 6) is 0. The number of anilines is 1. The Morgan fingerprint density at radius 2 is 1.83 bits per heavy atom. The number of hydrogen-bond donors (Lipinski definition) is 1. The molecule has 0 atom stereocenters. The smallest absolute Gasteiger partial charge is 0.0414 e. The van der Waals surface area contributed by atoms with E-state index in [0.29, 0.717) is 0 Å². The fraction of sp³-hybridized carbons (Fsp3) is 0.333. The highest BCUT2D eigenvalue weighted by molar-refractivity contribution is 9.11. The summed E-state index contributed by atoms with van der Waals surface area (Å²) in [5, 5.41) is 3.57. The molecule has 0 aromatic heterocycles. The number of halogens is 1. The van der Waals surface area contributed by atoms with Gasteiger partial charge in [-0.1, -0.05) is 71.7 Å². The molecule has 120 valence electrons. The van der Waals surface area contributed by atoms with Crippen LogP contribution in [0.2, 0.25) is 0 Å². The van der Waals surface area contributed by atoms with Crippen LogP contribution < -0.4 is 5.32 Å². The minimum absolute atomic E-state index is 0.203. The summed E-state index contributed by atoms with van der Waals surface area (Å²) in [6.07, 6.45) is 2.26. The molecule has 0 saturated carbocycles. The molecule has 1 N–H and O–H groups in total. The molecule has 1 aliphatic carbocycles. The molecule has 0 aliphatic heterocycles. The third-order valence-electron chi connectivity index (χ3n) is 4.77. The summed E-state index contributed by atoms with van der Waals surface area (Å²) in [7, 11) is 0. The van der Waals surface area contributed by atoms with Gasteiger partial charge in [0, 0.05) is 16.7 Å². The summed E-state index contributed by atoms with van der Waals surface area (Å²) >= 11 is 3.86. The van der Waals surface area contributed by atoms with E-state index in [0.717, 1.165) is 18.7 Å². The number of rotatable bonds is 3. The molecule has 1 nitrogen and oxygen atoms in total. The lowest BCUT2D eigenvalue weighted by Crippen LogP contribution is -2.18. The summed E-state index contributed by atoms with van der Waals surface area (Å²) in [5.41, 5.74) is 6.94. The molecule has 0 saturated heterocycles. The average Bonchev–Trinajstić information content (AvgIpc) is 2.63. The minimum atomic E-state index is 0.203. The van der Waals surface area contributed by atoms with E-state index >= 15 is 0 Å². The Bertz CT molecular complexity index is 729. The van der Waals surface area contributed by atoms with Crippen molar-refractivity contribution in [1.82, 2.24) is 0 Å². The minimum Gasteiger partial charge on any atom is -0.381 e. The van der Waals surface area contributed by atoms with E-state index < -0.39 is 0 Å². The van der Waals surface area contributed by atoms with Crippen LogP contribution in [0.5, 0.6) is 0 Å². The number of fused-ring (bicyclic) bond motifs is 1. The Morgan fingerprint density at radius 1 is 1.09 bits per heavy atom. The fourth-order valence-electron chi connectivity index (χ4n) is 3.27. The Morgan fingerprint density at radius 3 is 2.57 bits per heavy atom. The molecule has 2 aromatic rings. The highest BCUT2D eigenvalue weighted by atomic mass is 79.9. The van der Waals surface area contributed by atoms with E-state index in [1.165, 1.54) is 33.2 Å². The zero-order valence-corrected chi connectivity index (χ0v) is 15.7. The first kappa shape index (κ1) is 16.3. The SMILES string of the molecule is Cc1ccc2c(c1)C(C)(C)CCC(Br)=C2CNc1ccccc1. The van der Waals surface area contributed by atoms with Gasteiger partial charge in [0.15, 0.2) is 0 Å². The van der Waals surface area contributed by atoms with Gasteiger partial charge >= 0.3 is 0 Å². The normalized spacial score (nSPS) is 16.7. The molecular weight excluding hydrogens is 346 g/mol. The zero-order valence-electron chi connectivity index (χ0n) is 14.1. The van der Waals surface area contributed by atoms with Gasteiger partial charge in [-0.15, -0.1) is 0 Å². The lowest BCUT2D eigenvalue weighted by molar-refractivity contribution is 0.486. The van der Waals surface area contributed by atoms with Crippen molar-refractivity contribution in [3.8, 4) is 0 Å². The maximum atomic E-state index is 3.86. The van der Waals surface area contributed by atoms with Crippen molar-refractivity contribution in [1.29, 1.82) is 0 Å². The molecule has 1 aliphatic rings. The highest BCUT2D eigenvalue weighted by Gasteiger charge is 2.28. The number of para-hydroxylation sites is 1. The third-order valence-corrected chi connectivity index (χ3v) is 5.64. The lowest BCUT2D eigenvalue weighted by Gasteiger charge is -2.26. The Labute approximate surface area is 147 Å². The summed E-state index contributed by atoms with van der Waals surface area (Å²) in [4.78, 5) is 0. The molecule has 2 aromatic carbocycles. The van der Waals surface area contributed by atoms with Crippen molar-refractivity contribution in [2.75, 3.05) is 11.9 Å². The van der Waals surface area contributed by atoms with Gasteiger partial charge in [0.2, 0.25) is 0 Å². The van der Waals surface area contributed by atoms with Gasteiger partial charge in [0.05, 0.1) is 0 Å². The number of allylic oxidation sites excluding steroid dienone is 1. The van der Waals surface area contributed by atoms with Gasteiger partial charge in [0.25, 0.3) is 0 Å². The number of benzene rings is 2. The Hall–Kier alpha value is -1.54. The van der Waals surface area contributed by atoms with Crippen LogP contribution in [-0.2, 0) is 5.41 Å². The molecule has 0 amide bonds. The maximum Gasteiger partial charge on any atom is 0.0414 e. The molecule has 0 spiro atoms. The molecule has 0 radical (unpaired) electrons. The molecule has 0 heterocycles. The predicted octanol–water partition coefficient (Wildman–Crippen LogP) is 6.28. The zero-order chi connectivity index (χ0) is 16.4. The van der Waals surface area contributed by atoms with E-state index in [2.05, 4.69) is 84.5 Å². The molecule has 0 bridgehead atoms. The van der Waals surface area contributed by atoms with Crippen molar-refractivity contribution in [3.63, 3.8) is 0 Å². The van der Waals surface area contributed by atoms with Crippen LogP contribution in [0.25, 0.3) is 5.57 Å². The van der Waals surface area contributed by atoms with Gasteiger partial charge < -0.3 is 5.32 Å². The van der Waals surface area contributed by atoms with Crippen molar-refractivity contribution < 1.29 is 0 Å². The van der Waals surface area contributed by atoms with E-state index in [4.69, 9.17) is 0 Å². The second-order valence-corrected chi connectivity index (χ2v) is 7.99. The first-order valence-corrected chi connectivity index (χ1v) is 9.04. The molecule has 0 fully saturated rings. The van der Waals surface area contributed by atoms with Gasteiger partial charge in [0.1, 0.15) is 0 Å². The van der Waals surface area contributed by atoms with Crippen LogP contribution in [0, 0.1) is 6.92 Å². The van der Waals surface area contributed by atoms with Crippen molar-refractivity contribution in [3.05, 3.63) is 69.7 Å². The largest absolute Gasteiger partial charge is 0.381 e. The van der Waals surface area contributed by atoms with Crippen molar-refractivity contribution in [2.45, 2.75) is 39.0 Å². The molecule has 2 heteroatoms. The maximum absolute atomic E-state index is 3.86. The number of nitrogens with one attached hydrogen (secondary N) is 1. The summed E-state index contributed by atoms with van der Waals surface area (Å²) < 4.78 is 1.33. The van der Waals surface area contributed by atoms with Gasteiger partial charge in [-0.3, -0.25) is 0 Å². The quantitative estimate of drug-likeness (QED) is 0.670. The summed E-state index contributed by atoms with van der Waals surface area (Å²) in [6, 6.07) is 17.3. The average molecular weight is 370 g/mol. The van der Waals surface area contributed by atoms with E-state index in [-0.39, 0.29) is 5.41 Å². The lowest BCUT2D eigenvalue weighted by atomic mass is 9.78. The van der Waals surface area contributed by atoms with Crippen LogP contribution in [0.1, 0.15) is 43.4 Å². The van der Waals surface area contributed by atoms with Crippen LogP contribution in [0.3, 0.4) is 0 Å². The molecule has 3 rings (SSSR count).